The summed E-state index contributed by atoms with van der Waals surface area (Å²) in [4.78, 5) is 20.3. The molecule has 1 aromatic heterocycles. The van der Waals surface area contributed by atoms with Crippen LogP contribution in [0.5, 0.6) is 0 Å². The summed E-state index contributed by atoms with van der Waals surface area (Å²) in [5.41, 5.74) is 3.15. The molecule has 2 N–H and O–H groups in total. The van der Waals surface area contributed by atoms with Crippen molar-refractivity contribution < 1.29 is 9.13 Å². The number of aromatic nitrogens is 1. The van der Waals surface area contributed by atoms with Crippen LogP contribution in [0.4, 0.5) is 10.1 Å². The third-order valence-electron chi connectivity index (χ3n) is 5.91. The number of aromatic amines is 1. The van der Waals surface area contributed by atoms with Crippen LogP contribution in [-0.2, 0) is 11.3 Å². The molecule has 2 heterocycles. The van der Waals surface area contributed by atoms with Gasteiger partial charge in [-0.25, -0.2) is 4.39 Å². The van der Waals surface area contributed by atoms with Gasteiger partial charge in [-0.1, -0.05) is 18.2 Å². The van der Waals surface area contributed by atoms with E-state index < -0.39 is 0 Å². The number of thiocarbonyl (C=S) groups is 1. The Hall–Kier alpha value is -2.81. The second-order valence-electron chi connectivity index (χ2n) is 8.33. The molecule has 4 rings (SSSR count). The van der Waals surface area contributed by atoms with Crippen LogP contribution in [0.15, 0.2) is 53.3 Å². The molecular weight excluding hydrogens is 439 g/mol. The first kappa shape index (κ1) is 23.4. The van der Waals surface area contributed by atoms with Gasteiger partial charge < -0.3 is 19.9 Å². The number of halogens is 1. The lowest BCUT2D eigenvalue weighted by atomic mass is 10.1. The molecule has 1 fully saturated rings. The van der Waals surface area contributed by atoms with Crippen LogP contribution in [-0.4, -0.2) is 59.3 Å². The minimum atomic E-state index is -0.299. The smallest absolute Gasteiger partial charge is 0.253 e. The molecule has 0 unspecified atom stereocenters. The number of nitrogens with zero attached hydrogens (tertiary/aromatic N) is 2. The Kier molecular flexibility index (Phi) is 7.69. The summed E-state index contributed by atoms with van der Waals surface area (Å²) >= 11 is 5.69. The first-order valence-corrected chi connectivity index (χ1v) is 11.6. The Morgan fingerprint density at radius 2 is 1.97 bits per heavy atom. The van der Waals surface area contributed by atoms with Gasteiger partial charge in [0.25, 0.3) is 5.56 Å². The number of hydrogen-bond donors (Lipinski definition) is 2. The summed E-state index contributed by atoms with van der Waals surface area (Å²) in [7, 11) is 0. The maximum absolute atomic E-state index is 13.3. The van der Waals surface area contributed by atoms with Gasteiger partial charge in [-0.2, -0.15) is 0 Å². The fourth-order valence-corrected chi connectivity index (χ4v) is 4.32. The van der Waals surface area contributed by atoms with Crippen LogP contribution in [0, 0.1) is 12.7 Å². The van der Waals surface area contributed by atoms with E-state index in [0.717, 1.165) is 55.7 Å². The van der Waals surface area contributed by atoms with Gasteiger partial charge in [0.1, 0.15) is 5.82 Å². The number of ether oxygens (including phenoxy) is 1. The number of H-pyrrole nitrogens is 1. The predicted molar refractivity (Wildman–Crippen MR) is 134 cm³/mol. The van der Waals surface area contributed by atoms with Gasteiger partial charge in [0.15, 0.2) is 5.11 Å². The van der Waals surface area contributed by atoms with Gasteiger partial charge in [-0.15, -0.1) is 0 Å². The molecule has 0 aliphatic carbocycles. The Bertz CT molecular complexity index is 1160. The number of anilines is 1. The van der Waals surface area contributed by atoms with Gasteiger partial charge in [-0.05, 0) is 66.8 Å². The molecule has 174 valence electrons. The summed E-state index contributed by atoms with van der Waals surface area (Å²) < 4.78 is 18.7. The number of benzene rings is 2. The van der Waals surface area contributed by atoms with E-state index in [0.29, 0.717) is 29.5 Å². The molecule has 0 bridgehead atoms. The van der Waals surface area contributed by atoms with Gasteiger partial charge in [0.05, 0.1) is 25.3 Å². The van der Waals surface area contributed by atoms with Gasteiger partial charge in [0.2, 0.25) is 0 Å². The van der Waals surface area contributed by atoms with Crippen LogP contribution in [0.25, 0.3) is 10.9 Å². The maximum Gasteiger partial charge on any atom is 0.253 e. The minimum Gasteiger partial charge on any atom is -0.379 e. The van der Waals surface area contributed by atoms with E-state index in [1.54, 1.807) is 12.1 Å². The van der Waals surface area contributed by atoms with Crippen molar-refractivity contribution in [2.45, 2.75) is 19.9 Å². The first-order valence-electron chi connectivity index (χ1n) is 11.2. The molecule has 0 radical (unpaired) electrons. The maximum atomic E-state index is 13.3. The average molecular weight is 469 g/mol. The highest BCUT2D eigenvalue weighted by molar-refractivity contribution is 7.80. The fourth-order valence-electron chi connectivity index (χ4n) is 4.05. The number of nitrogens with one attached hydrogen (secondary N) is 2. The van der Waals surface area contributed by atoms with Crippen LogP contribution < -0.4 is 10.9 Å². The van der Waals surface area contributed by atoms with E-state index in [1.165, 1.54) is 12.1 Å². The molecule has 0 atom stereocenters. The third-order valence-corrected chi connectivity index (χ3v) is 6.28. The van der Waals surface area contributed by atoms with Crippen molar-refractivity contribution in [3.05, 3.63) is 75.8 Å². The average Bonchev–Trinajstić information content (AvgIpc) is 2.81. The standard InChI is InChI=1S/C25H29FN4O2S/c1-18-4-2-5-19-16-20(24(31)28-23(18)19)17-30(11-3-10-29-12-14-32-15-13-29)25(33)27-22-8-6-21(26)7-9-22/h2,4-9,16H,3,10-15,17H2,1H3,(H,27,33)(H,28,31). The number of pyridine rings is 1. The number of rotatable bonds is 7. The quantitative estimate of drug-likeness (QED) is 0.513. The lowest BCUT2D eigenvalue weighted by molar-refractivity contribution is 0.0367. The molecule has 8 heteroatoms. The van der Waals surface area contributed by atoms with Crippen molar-refractivity contribution in [1.29, 1.82) is 0 Å². The second-order valence-corrected chi connectivity index (χ2v) is 8.72. The zero-order chi connectivity index (χ0) is 23.2. The molecule has 0 spiro atoms. The topological polar surface area (TPSA) is 60.6 Å². The summed E-state index contributed by atoms with van der Waals surface area (Å²) in [6, 6.07) is 14.0. The molecule has 0 saturated carbocycles. The summed E-state index contributed by atoms with van der Waals surface area (Å²) in [5.74, 6) is -0.299. The number of morpholine rings is 1. The van der Waals surface area contributed by atoms with Crippen LogP contribution in [0.3, 0.4) is 0 Å². The van der Waals surface area contributed by atoms with Crippen molar-refractivity contribution >= 4 is 33.9 Å². The molecule has 6 nitrogen and oxygen atoms in total. The lowest BCUT2D eigenvalue weighted by Gasteiger charge is -2.29. The van der Waals surface area contributed by atoms with Crippen molar-refractivity contribution in [1.82, 2.24) is 14.8 Å². The summed E-state index contributed by atoms with van der Waals surface area (Å²) in [5, 5.41) is 4.69. The summed E-state index contributed by atoms with van der Waals surface area (Å²) in [6.45, 7) is 7.39. The zero-order valence-electron chi connectivity index (χ0n) is 18.8. The van der Waals surface area contributed by atoms with E-state index in [9.17, 15) is 9.18 Å². The Labute approximate surface area is 198 Å². The molecule has 3 aromatic rings. The molecule has 1 aliphatic heterocycles. The van der Waals surface area contributed by atoms with E-state index >= 15 is 0 Å². The number of hydrogen-bond acceptors (Lipinski definition) is 4. The minimum absolute atomic E-state index is 0.112. The van der Waals surface area contributed by atoms with E-state index in [-0.39, 0.29) is 11.4 Å². The van der Waals surface area contributed by atoms with E-state index in [4.69, 9.17) is 17.0 Å². The Morgan fingerprint density at radius 1 is 1.21 bits per heavy atom. The van der Waals surface area contributed by atoms with Crippen molar-refractivity contribution in [3.8, 4) is 0 Å². The Morgan fingerprint density at radius 3 is 2.73 bits per heavy atom. The predicted octanol–water partition coefficient (Wildman–Crippen LogP) is 3.90. The first-order chi connectivity index (χ1) is 16.0. The Balaban J connectivity index is 1.51. The monoisotopic (exact) mass is 468 g/mol. The van der Waals surface area contributed by atoms with E-state index in [2.05, 4.69) is 15.2 Å². The van der Waals surface area contributed by atoms with Crippen molar-refractivity contribution in [3.63, 3.8) is 0 Å². The van der Waals surface area contributed by atoms with Gasteiger partial charge in [-0.3, -0.25) is 9.69 Å². The number of fused-ring (bicyclic) bond motifs is 1. The molecule has 1 aliphatic rings. The molecular formula is C25H29FN4O2S. The summed E-state index contributed by atoms with van der Waals surface area (Å²) in [6.07, 6.45) is 0.899. The van der Waals surface area contributed by atoms with Gasteiger partial charge in [0, 0.05) is 37.4 Å². The lowest BCUT2D eigenvalue weighted by Crippen LogP contribution is -2.40. The largest absolute Gasteiger partial charge is 0.379 e. The molecule has 1 saturated heterocycles. The van der Waals surface area contributed by atoms with Crippen LogP contribution in [0.2, 0.25) is 0 Å². The van der Waals surface area contributed by atoms with Crippen molar-refractivity contribution in [2.24, 2.45) is 0 Å². The number of para-hydroxylation sites is 1. The van der Waals surface area contributed by atoms with E-state index in [1.807, 2.05) is 36.1 Å². The zero-order valence-corrected chi connectivity index (χ0v) is 19.6. The normalized spacial score (nSPS) is 14.4. The third kappa shape index (κ3) is 6.16. The molecule has 2 aromatic carbocycles. The highest BCUT2D eigenvalue weighted by Crippen LogP contribution is 2.17. The highest BCUT2D eigenvalue weighted by atomic mass is 32.1. The van der Waals surface area contributed by atoms with Crippen LogP contribution in [0.1, 0.15) is 17.5 Å². The number of aryl methyl sites for hydroxylation is 1. The second kappa shape index (κ2) is 10.9. The molecule has 33 heavy (non-hydrogen) atoms. The highest BCUT2D eigenvalue weighted by Gasteiger charge is 2.16. The van der Waals surface area contributed by atoms with Crippen molar-refractivity contribution in [2.75, 3.05) is 44.7 Å². The fraction of sp³-hybridized carbons (Fsp3) is 0.360. The SMILES string of the molecule is Cc1cccc2cc(CN(CCCN3CCOCC3)C(=S)Nc3ccc(F)cc3)c(=O)[nH]c12. The van der Waals surface area contributed by atoms with Crippen LogP contribution >= 0.6 is 12.2 Å². The molecule has 0 amide bonds. The van der Waals surface area contributed by atoms with Gasteiger partial charge >= 0.3 is 0 Å².